The van der Waals surface area contributed by atoms with Crippen molar-refractivity contribution in [2.75, 3.05) is 6.61 Å². The monoisotopic (exact) mass is 433 g/mol. The van der Waals surface area contributed by atoms with Crippen LogP contribution in [0.2, 0.25) is 0 Å². The Morgan fingerprint density at radius 1 is 1.03 bits per heavy atom. The van der Waals surface area contributed by atoms with E-state index in [4.69, 9.17) is 9.57 Å². The maximum Gasteiger partial charge on any atom is 0.311 e. The minimum atomic E-state index is -0.573. The number of ether oxygens (including phenoxy) is 1. The first-order valence-electron chi connectivity index (χ1n) is 11.3. The summed E-state index contributed by atoms with van der Waals surface area (Å²) in [6.07, 6.45) is 2.71. The van der Waals surface area contributed by atoms with E-state index in [1.807, 2.05) is 20.8 Å². The standard InChI is InChI=1S/C26H43NO4/c1-11-30-23(29)26(8,9)15-14-19(31-27-10)13-12-18-16-20(24(2,3)4)22(28)21(17-18)25(5,6)7/h16-17,19,28H,10-15H2,1-9H3. The van der Waals surface area contributed by atoms with Gasteiger partial charge in [-0.3, -0.25) is 4.79 Å². The lowest BCUT2D eigenvalue weighted by Crippen LogP contribution is -2.28. The molecule has 0 bridgehead atoms. The van der Waals surface area contributed by atoms with Crippen molar-refractivity contribution in [3.8, 4) is 5.75 Å². The Kier molecular flexibility index (Phi) is 9.16. The number of aromatic hydroxyl groups is 1. The van der Waals surface area contributed by atoms with Crippen LogP contribution in [-0.2, 0) is 31.6 Å². The van der Waals surface area contributed by atoms with Crippen LogP contribution < -0.4 is 0 Å². The molecule has 0 saturated carbocycles. The number of esters is 1. The number of aryl methyl sites for hydroxylation is 1. The number of rotatable bonds is 10. The molecule has 5 heteroatoms. The molecule has 5 nitrogen and oxygen atoms in total. The molecule has 0 amide bonds. The van der Waals surface area contributed by atoms with Crippen molar-refractivity contribution in [3.63, 3.8) is 0 Å². The third-order valence-electron chi connectivity index (χ3n) is 5.68. The van der Waals surface area contributed by atoms with Gasteiger partial charge in [-0.2, -0.15) is 0 Å². The molecule has 1 N–H and O–H groups in total. The topological polar surface area (TPSA) is 68.1 Å². The molecular weight excluding hydrogens is 390 g/mol. The third kappa shape index (κ3) is 7.86. The first-order chi connectivity index (χ1) is 14.1. The van der Waals surface area contributed by atoms with Crippen LogP contribution in [0.5, 0.6) is 5.75 Å². The first-order valence-corrected chi connectivity index (χ1v) is 11.3. The number of oxime groups is 1. The van der Waals surface area contributed by atoms with Crippen molar-refractivity contribution in [1.29, 1.82) is 0 Å². The summed E-state index contributed by atoms with van der Waals surface area (Å²) in [5.41, 5.74) is 2.17. The quantitative estimate of drug-likeness (QED) is 0.267. The minimum absolute atomic E-state index is 0.142. The molecule has 1 unspecified atom stereocenters. The molecule has 1 aromatic carbocycles. The number of hydrogen-bond donors (Lipinski definition) is 1. The molecule has 0 aromatic heterocycles. The fourth-order valence-corrected chi connectivity index (χ4v) is 3.62. The molecule has 0 radical (unpaired) electrons. The molecule has 0 aliphatic carbocycles. The predicted octanol–water partition coefficient (Wildman–Crippen LogP) is 6.29. The highest BCUT2D eigenvalue weighted by Crippen LogP contribution is 2.40. The summed E-state index contributed by atoms with van der Waals surface area (Å²) in [6.45, 7) is 22.1. The first kappa shape index (κ1) is 27.0. The van der Waals surface area contributed by atoms with Crippen LogP contribution in [0.15, 0.2) is 17.3 Å². The number of carbonyl (C=O) groups is 1. The highest BCUT2D eigenvalue weighted by atomic mass is 16.6. The lowest BCUT2D eigenvalue weighted by molar-refractivity contribution is -0.154. The van der Waals surface area contributed by atoms with Gasteiger partial charge in [0.1, 0.15) is 11.9 Å². The summed E-state index contributed by atoms with van der Waals surface area (Å²) in [5, 5.41) is 14.6. The Balaban J connectivity index is 3.04. The Hall–Kier alpha value is -2.04. The highest BCUT2D eigenvalue weighted by molar-refractivity contribution is 5.75. The van der Waals surface area contributed by atoms with Gasteiger partial charge >= 0.3 is 5.97 Å². The highest BCUT2D eigenvalue weighted by Gasteiger charge is 2.31. The van der Waals surface area contributed by atoms with E-state index < -0.39 is 5.41 Å². The van der Waals surface area contributed by atoms with E-state index in [1.54, 1.807) is 0 Å². The molecule has 31 heavy (non-hydrogen) atoms. The van der Waals surface area contributed by atoms with Gasteiger partial charge in [0.15, 0.2) is 0 Å². The normalized spacial score (nSPS) is 13.6. The van der Waals surface area contributed by atoms with Gasteiger partial charge in [-0.15, -0.1) is 5.16 Å². The molecule has 1 aromatic rings. The number of carbonyl (C=O) groups excluding carboxylic acids is 1. The van der Waals surface area contributed by atoms with Gasteiger partial charge in [0.25, 0.3) is 0 Å². The van der Waals surface area contributed by atoms with Gasteiger partial charge in [0.2, 0.25) is 0 Å². The smallest absolute Gasteiger partial charge is 0.311 e. The van der Waals surface area contributed by atoms with Crippen molar-refractivity contribution >= 4 is 12.7 Å². The Morgan fingerprint density at radius 3 is 1.97 bits per heavy atom. The molecule has 0 saturated heterocycles. The van der Waals surface area contributed by atoms with Crippen molar-refractivity contribution < 1.29 is 19.5 Å². The SMILES string of the molecule is C=NOC(CCc1cc(C(C)(C)C)c(O)c(C(C)(C)C)c1)CCC(C)(C)C(=O)OCC. The van der Waals surface area contributed by atoms with Crippen LogP contribution in [0.4, 0.5) is 0 Å². The van der Waals surface area contributed by atoms with Crippen LogP contribution in [0.25, 0.3) is 0 Å². The lowest BCUT2D eigenvalue weighted by Gasteiger charge is -2.28. The zero-order chi connectivity index (χ0) is 24.0. The molecule has 0 aliphatic heterocycles. The van der Waals surface area contributed by atoms with E-state index in [1.165, 1.54) is 0 Å². The van der Waals surface area contributed by atoms with Crippen LogP contribution in [-0.4, -0.2) is 30.5 Å². The number of nitrogens with zero attached hydrogens (tertiary/aromatic N) is 1. The maximum atomic E-state index is 12.2. The largest absolute Gasteiger partial charge is 0.507 e. The molecular formula is C26H43NO4. The van der Waals surface area contributed by atoms with Crippen molar-refractivity contribution in [2.45, 2.75) is 105 Å². The van der Waals surface area contributed by atoms with Gasteiger partial charge in [-0.1, -0.05) is 53.7 Å². The summed E-state index contributed by atoms with van der Waals surface area (Å²) in [5.74, 6) is 0.198. The Morgan fingerprint density at radius 2 is 1.55 bits per heavy atom. The van der Waals surface area contributed by atoms with E-state index in [9.17, 15) is 9.90 Å². The fraction of sp³-hybridized carbons (Fsp3) is 0.692. The molecule has 1 atom stereocenters. The molecule has 0 aliphatic rings. The second kappa shape index (κ2) is 10.5. The second-order valence-corrected chi connectivity index (χ2v) is 11.1. The predicted molar refractivity (Wildman–Crippen MR) is 128 cm³/mol. The van der Waals surface area contributed by atoms with Crippen molar-refractivity contribution in [3.05, 3.63) is 28.8 Å². The van der Waals surface area contributed by atoms with Crippen LogP contribution in [0, 0.1) is 5.41 Å². The van der Waals surface area contributed by atoms with Gasteiger partial charge in [-0.25, -0.2) is 0 Å². The van der Waals surface area contributed by atoms with Gasteiger partial charge in [0, 0.05) is 6.72 Å². The Labute approximate surface area is 189 Å². The summed E-state index contributed by atoms with van der Waals surface area (Å²) >= 11 is 0. The number of benzene rings is 1. The van der Waals surface area contributed by atoms with Crippen LogP contribution in [0.3, 0.4) is 0 Å². The number of phenols is 1. The summed E-state index contributed by atoms with van der Waals surface area (Å²) in [7, 11) is 0. The lowest BCUT2D eigenvalue weighted by atomic mass is 9.78. The molecule has 0 spiro atoms. The second-order valence-electron chi connectivity index (χ2n) is 11.1. The van der Waals surface area contributed by atoms with Crippen molar-refractivity contribution in [1.82, 2.24) is 0 Å². The minimum Gasteiger partial charge on any atom is -0.507 e. The van der Waals surface area contributed by atoms with Crippen LogP contribution >= 0.6 is 0 Å². The molecule has 1 rings (SSSR count). The summed E-state index contributed by atoms with van der Waals surface area (Å²) in [4.78, 5) is 17.7. The summed E-state index contributed by atoms with van der Waals surface area (Å²) in [6, 6.07) is 4.21. The van der Waals surface area contributed by atoms with E-state index in [-0.39, 0.29) is 22.9 Å². The zero-order valence-corrected chi connectivity index (χ0v) is 21.1. The summed E-state index contributed by atoms with van der Waals surface area (Å²) < 4.78 is 5.19. The third-order valence-corrected chi connectivity index (χ3v) is 5.68. The zero-order valence-electron chi connectivity index (χ0n) is 21.1. The molecule has 176 valence electrons. The molecule has 0 heterocycles. The molecule has 0 fully saturated rings. The van der Waals surface area contributed by atoms with Gasteiger partial charge in [-0.05, 0) is 74.0 Å². The average Bonchev–Trinajstić information content (AvgIpc) is 2.63. The van der Waals surface area contributed by atoms with Gasteiger partial charge < -0.3 is 14.7 Å². The van der Waals surface area contributed by atoms with E-state index in [0.29, 0.717) is 25.2 Å². The Bertz CT molecular complexity index is 719. The number of phenolic OH excluding ortho intramolecular Hbond substituents is 1. The fourth-order valence-electron chi connectivity index (χ4n) is 3.62. The van der Waals surface area contributed by atoms with E-state index >= 15 is 0 Å². The van der Waals surface area contributed by atoms with Crippen molar-refractivity contribution in [2.24, 2.45) is 10.6 Å². The van der Waals surface area contributed by atoms with Gasteiger partial charge in [0.05, 0.1) is 12.0 Å². The average molecular weight is 434 g/mol. The van der Waals surface area contributed by atoms with E-state index in [0.717, 1.165) is 29.5 Å². The van der Waals surface area contributed by atoms with Crippen LogP contribution in [0.1, 0.15) is 98.3 Å². The number of hydrogen-bond acceptors (Lipinski definition) is 5. The van der Waals surface area contributed by atoms with E-state index in [2.05, 4.69) is 65.5 Å². The maximum absolute atomic E-state index is 12.2.